The molecule has 0 radical (unpaired) electrons. The van der Waals surface area contributed by atoms with Gasteiger partial charge in [-0.25, -0.2) is 4.79 Å². The number of nitrogens with one attached hydrogen (secondary N) is 1. The van der Waals surface area contributed by atoms with Crippen molar-refractivity contribution in [3.63, 3.8) is 0 Å². The first kappa shape index (κ1) is 27.4. The summed E-state index contributed by atoms with van der Waals surface area (Å²) in [4.78, 5) is 39.0. The molecule has 0 saturated heterocycles. The van der Waals surface area contributed by atoms with Crippen molar-refractivity contribution in [1.82, 2.24) is 4.90 Å². The van der Waals surface area contributed by atoms with Crippen LogP contribution in [0.2, 0.25) is 5.02 Å². The van der Waals surface area contributed by atoms with Crippen LogP contribution in [0.15, 0.2) is 60.7 Å². The number of carboxylic acids is 1. The minimum Gasteiger partial charge on any atom is -0.480 e. The maximum atomic E-state index is 13.1. The number of amides is 2. The van der Waals surface area contributed by atoms with Crippen LogP contribution in [0.25, 0.3) is 11.1 Å². The predicted molar refractivity (Wildman–Crippen MR) is 151 cm³/mol. The predicted octanol–water partition coefficient (Wildman–Crippen LogP) is 7.06. The van der Waals surface area contributed by atoms with E-state index in [-0.39, 0.29) is 24.3 Å². The van der Waals surface area contributed by atoms with Gasteiger partial charge in [0.15, 0.2) is 0 Å². The first-order chi connectivity index (χ1) is 18.2. The lowest BCUT2D eigenvalue weighted by molar-refractivity contribution is -0.144. The van der Waals surface area contributed by atoms with E-state index in [0.29, 0.717) is 27.4 Å². The normalized spacial score (nSPS) is 13.5. The Labute approximate surface area is 228 Å². The van der Waals surface area contributed by atoms with E-state index in [1.54, 1.807) is 32.0 Å². The summed E-state index contributed by atoms with van der Waals surface area (Å²) in [6, 6.07) is 17.5. The number of aliphatic carboxylic acids is 1. The SMILES string of the molecule is CCCCCc1ccc(C(=O)Nc2ccc(-c3ccc4c(c3)C(=O)N([C@H](C(=O)O)C(C)C)C4)c(Cl)c2)cc1. The van der Waals surface area contributed by atoms with Crippen LogP contribution in [0, 0.1) is 5.92 Å². The molecular formula is C31H33ClN2O4. The Morgan fingerprint density at radius 3 is 2.37 bits per heavy atom. The van der Waals surface area contributed by atoms with Crippen molar-refractivity contribution in [2.75, 3.05) is 5.32 Å². The number of aryl methyl sites for hydroxylation is 1. The Balaban J connectivity index is 1.47. The van der Waals surface area contributed by atoms with Crippen molar-refractivity contribution in [2.24, 2.45) is 5.92 Å². The lowest BCUT2D eigenvalue weighted by Crippen LogP contribution is -2.44. The molecule has 1 heterocycles. The van der Waals surface area contributed by atoms with E-state index in [1.807, 2.05) is 42.5 Å². The summed E-state index contributed by atoms with van der Waals surface area (Å²) in [5, 5.41) is 13.0. The minimum absolute atomic E-state index is 0.213. The van der Waals surface area contributed by atoms with Gasteiger partial charge in [-0.05, 0) is 65.8 Å². The average Bonchev–Trinajstić information content (AvgIpc) is 3.19. The average molecular weight is 533 g/mol. The number of carbonyl (C=O) groups is 3. The third-order valence-corrected chi connectivity index (χ3v) is 7.30. The third-order valence-electron chi connectivity index (χ3n) is 6.99. The molecule has 1 aliphatic rings. The number of hydrogen-bond donors (Lipinski definition) is 2. The molecule has 0 spiro atoms. The molecule has 0 aromatic heterocycles. The zero-order chi connectivity index (χ0) is 27.4. The molecule has 7 heteroatoms. The van der Waals surface area contributed by atoms with E-state index in [4.69, 9.17) is 11.6 Å². The second-order valence-corrected chi connectivity index (χ2v) is 10.5. The molecule has 4 rings (SSSR count). The smallest absolute Gasteiger partial charge is 0.326 e. The maximum absolute atomic E-state index is 13.1. The van der Waals surface area contributed by atoms with Crippen LogP contribution in [0.5, 0.6) is 0 Å². The standard InChI is InChI=1S/C31H33ClN2O4/c1-4-5-6-7-20-8-10-21(11-9-20)29(35)33-24-14-15-25(27(32)17-24)22-12-13-23-18-34(30(36)26(23)16-22)28(19(2)3)31(37)38/h8-17,19,28H,4-7,18H2,1-3H3,(H,33,35)(H,37,38)/t28-/m0/s1. The highest BCUT2D eigenvalue weighted by Crippen LogP contribution is 2.35. The van der Waals surface area contributed by atoms with Crippen LogP contribution in [0.3, 0.4) is 0 Å². The van der Waals surface area contributed by atoms with Crippen LogP contribution in [-0.2, 0) is 17.8 Å². The fraction of sp³-hybridized carbons (Fsp3) is 0.323. The Hall–Kier alpha value is -3.64. The Kier molecular flexibility index (Phi) is 8.52. The maximum Gasteiger partial charge on any atom is 0.326 e. The monoisotopic (exact) mass is 532 g/mol. The van der Waals surface area contributed by atoms with Gasteiger partial charge in [0.2, 0.25) is 0 Å². The van der Waals surface area contributed by atoms with Crippen LogP contribution in [0.1, 0.15) is 71.9 Å². The molecule has 1 aliphatic heterocycles. The highest BCUT2D eigenvalue weighted by atomic mass is 35.5. The second-order valence-electron chi connectivity index (χ2n) is 10.1. The van der Waals surface area contributed by atoms with Crippen LogP contribution in [0.4, 0.5) is 5.69 Å². The number of carbonyl (C=O) groups excluding carboxylic acids is 2. The number of unbranched alkanes of at least 4 members (excludes halogenated alkanes) is 2. The molecule has 0 aliphatic carbocycles. The largest absolute Gasteiger partial charge is 0.480 e. The second kappa shape index (κ2) is 11.8. The van der Waals surface area contributed by atoms with Crippen molar-refractivity contribution in [2.45, 2.75) is 59.0 Å². The molecular weight excluding hydrogens is 500 g/mol. The van der Waals surface area contributed by atoms with E-state index in [0.717, 1.165) is 24.0 Å². The summed E-state index contributed by atoms with van der Waals surface area (Å²) in [6.45, 7) is 6.04. The van der Waals surface area contributed by atoms with Gasteiger partial charge in [0.05, 0.1) is 5.02 Å². The van der Waals surface area contributed by atoms with Gasteiger partial charge < -0.3 is 15.3 Å². The summed E-state index contributed by atoms with van der Waals surface area (Å²) in [5.74, 6) is -1.73. The molecule has 0 saturated carbocycles. The number of hydrogen-bond acceptors (Lipinski definition) is 3. The summed E-state index contributed by atoms with van der Waals surface area (Å²) < 4.78 is 0. The van der Waals surface area contributed by atoms with Crippen molar-refractivity contribution >= 4 is 35.1 Å². The van der Waals surface area contributed by atoms with Crippen LogP contribution >= 0.6 is 11.6 Å². The van der Waals surface area contributed by atoms with Gasteiger partial charge in [-0.15, -0.1) is 0 Å². The van der Waals surface area contributed by atoms with Gasteiger partial charge >= 0.3 is 5.97 Å². The van der Waals surface area contributed by atoms with E-state index in [9.17, 15) is 19.5 Å². The fourth-order valence-electron chi connectivity index (χ4n) is 4.93. The molecule has 3 aromatic carbocycles. The molecule has 6 nitrogen and oxygen atoms in total. The van der Waals surface area contributed by atoms with Crippen molar-refractivity contribution < 1.29 is 19.5 Å². The lowest BCUT2D eigenvalue weighted by atomic mass is 10.00. The Bertz CT molecular complexity index is 1350. The lowest BCUT2D eigenvalue weighted by Gasteiger charge is -2.27. The molecule has 2 N–H and O–H groups in total. The third kappa shape index (κ3) is 5.91. The number of halogens is 1. The molecule has 0 unspecified atom stereocenters. The van der Waals surface area contributed by atoms with E-state index in [1.165, 1.54) is 23.3 Å². The van der Waals surface area contributed by atoms with Gasteiger partial charge in [0.25, 0.3) is 11.8 Å². The molecule has 38 heavy (non-hydrogen) atoms. The van der Waals surface area contributed by atoms with Gasteiger partial charge in [0.1, 0.15) is 6.04 Å². The van der Waals surface area contributed by atoms with Gasteiger partial charge in [0, 0.05) is 28.9 Å². The Morgan fingerprint density at radius 2 is 1.74 bits per heavy atom. The van der Waals surface area contributed by atoms with Crippen LogP contribution < -0.4 is 5.32 Å². The van der Waals surface area contributed by atoms with E-state index >= 15 is 0 Å². The fourth-order valence-corrected chi connectivity index (χ4v) is 5.22. The number of rotatable bonds is 10. The molecule has 3 aromatic rings. The molecule has 0 fully saturated rings. The molecule has 2 amide bonds. The van der Waals surface area contributed by atoms with Gasteiger partial charge in [-0.1, -0.05) is 75.5 Å². The molecule has 1 atom stereocenters. The topological polar surface area (TPSA) is 86.7 Å². The zero-order valence-corrected chi connectivity index (χ0v) is 22.7. The van der Waals surface area contributed by atoms with Crippen LogP contribution in [-0.4, -0.2) is 33.8 Å². The molecule has 198 valence electrons. The number of anilines is 1. The van der Waals surface area contributed by atoms with Crippen molar-refractivity contribution in [3.8, 4) is 11.1 Å². The minimum atomic E-state index is -1.01. The quantitative estimate of drug-likeness (QED) is 0.274. The van der Waals surface area contributed by atoms with Gasteiger partial charge in [-0.2, -0.15) is 0 Å². The number of benzene rings is 3. The molecule has 0 bridgehead atoms. The van der Waals surface area contributed by atoms with E-state index < -0.39 is 12.0 Å². The van der Waals surface area contributed by atoms with E-state index in [2.05, 4.69) is 12.2 Å². The number of carboxylic acid groups (broad SMARTS) is 1. The summed E-state index contributed by atoms with van der Waals surface area (Å²) in [7, 11) is 0. The summed E-state index contributed by atoms with van der Waals surface area (Å²) in [5.41, 5.74) is 5.11. The zero-order valence-electron chi connectivity index (χ0n) is 22.0. The first-order valence-corrected chi connectivity index (χ1v) is 13.4. The highest BCUT2D eigenvalue weighted by molar-refractivity contribution is 6.33. The first-order valence-electron chi connectivity index (χ1n) is 13.1. The Morgan fingerprint density at radius 1 is 1.00 bits per heavy atom. The summed E-state index contributed by atoms with van der Waals surface area (Å²) >= 11 is 6.60. The van der Waals surface area contributed by atoms with Crippen molar-refractivity contribution in [3.05, 3.63) is 87.9 Å². The summed E-state index contributed by atoms with van der Waals surface area (Å²) in [6.07, 6.45) is 4.53. The van der Waals surface area contributed by atoms with Crippen molar-refractivity contribution in [1.29, 1.82) is 0 Å². The number of nitrogens with zero attached hydrogens (tertiary/aromatic N) is 1. The van der Waals surface area contributed by atoms with Gasteiger partial charge in [-0.3, -0.25) is 9.59 Å². The highest BCUT2D eigenvalue weighted by Gasteiger charge is 2.38. The number of fused-ring (bicyclic) bond motifs is 1.